The zero-order valence-electron chi connectivity index (χ0n) is 12.4. The van der Waals surface area contributed by atoms with Crippen molar-refractivity contribution in [1.82, 2.24) is 10.6 Å². The first-order valence-electron chi connectivity index (χ1n) is 7.31. The molecular formula is C15H18FN3O4. The molecular weight excluding hydrogens is 305 g/mol. The SMILES string of the molecule is O=C(O)CCNC(=O)NC1CCCN(c2ccccc2F)C1=O. The Morgan fingerprint density at radius 1 is 1.35 bits per heavy atom. The first-order valence-corrected chi connectivity index (χ1v) is 7.31. The number of nitrogens with one attached hydrogen (secondary N) is 2. The molecule has 2 rings (SSSR count). The van der Waals surface area contributed by atoms with E-state index in [2.05, 4.69) is 10.6 Å². The van der Waals surface area contributed by atoms with Crippen LogP contribution in [0.2, 0.25) is 0 Å². The molecule has 3 amide bonds. The summed E-state index contributed by atoms with van der Waals surface area (Å²) in [7, 11) is 0. The number of carbonyl (C=O) groups excluding carboxylic acids is 2. The lowest BCUT2D eigenvalue weighted by molar-refractivity contribution is -0.136. The van der Waals surface area contributed by atoms with Gasteiger partial charge in [0.2, 0.25) is 5.91 Å². The number of carbonyl (C=O) groups is 3. The van der Waals surface area contributed by atoms with E-state index in [9.17, 15) is 18.8 Å². The number of amides is 3. The molecule has 7 nitrogen and oxygen atoms in total. The van der Waals surface area contributed by atoms with E-state index >= 15 is 0 Å². The van der Waals surface area contributed by atoms with Crippen LogP contribution in [0.25, 0.3) is 0 Å². The Hall–Kier alpha value is -2.64. The van der Waals surface area contributed by atoms with Crippen LogP contribution < -0.4 is 15.5 Å². The maximum atomic E-state index is 13.8. The monoisotopic (exact) mass is 323 g/mol. The van der Waals surface area contributed by atoms with E-state index in [4.69, 9.17) is 5.11 Å². The second-order valence-corrected chi connectivity index (χ2v) is 5.18. The summed E-state index contributed by atoms with van der Waals surface area (Å²) in [4.78, 5) is 35.8. The smallest absolute Gasteiger partial charge is 0.315 e. The third-order valence-electron chi connectivity index (χ3n) is 3.51. The normalized spacial score (nSPS) is 17.7. The molecule has 1 heterocycles. The molecule has 1 aromatic rings. The van der Waals surface area contributed by atoms with Crippen LogP contribution in [-0.2, 0) is 9.59 Å². The van der Waals surface area contributed by atoms with Crippen molar-refractivity contribution in [2.75, 3.05) is 18.0 Å². The number of halogens is 1. The lowest BCUT2D eigenvalue weighted by Gasteiger charge is -2.32. The molecule has 1 aliphatic rings. The number of hydrogen-bond donors (Lipinski definition) is 3. The van der Waals surface area contributed by atoms with Crippen molar-refractivity contribution in [3.8, 4) is 0 Å². The number of piperidine rings is 1. The van der Waals surface area contributed by atoms with Crippen LogP contribution in [0, 0.1) is 5.82 Å². The van der Waals surface area contributed by atoms with Crippen molar-refractivity contribution in [3.05, 3.63) is 30.1 Å². The molecule has 0 aromatic heterocycles. The maximum absolute atomic E-state index is 13.8. The summed E-state index contributed by atoms with van der Waals surface area (Å²) in [5.74, 6) is -1.90. The quantitative estimate of drug-likeness (QED) is 0.755. The minimum absolute atomic E-state index is 0.0287. The summed E-state index contributed by atoms with van der Waals surface area (Å²) in [6.45, 7) is 0.359. The number of anilines is 1. The molecule has 1 unspecified atom stereocenters. The Kier molecular flexibility index (Phi) is 5.51. The molecule has 3 N–H and O–H groups in total. The van der Waals surface area contributed by atoms with Crippen molar-refractivity contribution >= 4 is 23.6 Å². The maximum Gasteiger partial charge on any atom is 0.315 e. The minimum Gasteiger partial charge on any atom is -0.481 e. The van der Waals surface area contributed by atoms with Crippen molar-refractivity contribution in [1.29, 1.82) is 0 Å². The lowest BCUT2D eigenvalue weighted by Crippen LogP contribution is -2.54. The zero-order valence-corrected chi connectivity index (χ0v) is 12.4. The fourth-order valence-electron chi connectivity index (χ4n) is 2.41. The highest BCUT2D eigenvalue weighted by Gasteiger charge is 2.31. The minimum atomic E-state index is -1.02. The van der Waals surface area contributed by atoms with Gasteiger partial charge in [0.05, 0.1) is 12.1 Å². The number of carboxylic acids is 1. The number of nitrogens with zero attached hydrogens (tertiary/aromatic N) is 1. The summed E-state index contributed by atoms with van der Waals surface area (Å²) in [5, 5.41) is 13.4. The third-order valence-corrected chi connectivity index (χ3v) is 3.51. The Morgan fingerprint density at radius 2 is 2.09 bits per heavy atom. The highest BCUT2D eigenvalue weighted by Crippen LogP contribution is 2.23. The van der Waals surface area contributed by atoms with Crippen LogP contribution in [0.3, 0.4) is 0 Å². The van der Waals surface area contributed by atoms with Gasteiger partial charge in [0.1, 0.15) is 11.9 Å². The predicted molar refractivity (Wildman–Crippen MR) is 80.6 cm³/mol. The second-order valence-electron chi connectivity index (χ2n) is 5.18. The van der Waals surface area contributed by atoms with Gasteiger partial charge < -0.3 is 20.6 Å². The first kappa shape index (κ1) is 16.7. The molecule has 1 atom stereocenters. The lowest BCUT2D eigenvalue weighted by atomic mass is 10.0. The molecule has 1 aromatic carbocycles. The standard InChI is InChI=1S/C15H18FN3O4/c16-10-4-1-2-6-12(10)19-9-3-5-11(14(19)22)18-15(23)17-8-7-13(20)21/h1-2,4,6,11H,3,5,7-9H2,(H,20,21)(H2,17,18,23). The van der Waals surface area contributed by atoms with Gasteiger partial charge in [0, 0.05) is 13.1 Å². The van der Waals surface area contributed by atoms with Crippen molar-refractivity contribution in [2.24, 2.45) is 0 Å². The molecule has 0 spiro atoms. The van der Waals surface area contributed by atoms with Gasteiger partial charge in [0.15, 0.2) is 0 Å². The topological polar surface area (TPSA) is 98.7 Å². The second kappa shape index (κ2) is 7.57. The van der Waals surface area contributed by atoms with E-state index < -0.39 is 23.9 Å². The van der Waals surface area contributed by atoms with Crippen molar-refractivity contribution in [2.45, 2.75) is 25.3 Å². The Labute approximate surface area is 132 Å². The number of rotatable bonds is 5. The van der Waals surface area contributed by atoms with Crippen LogP contribution in [0.5, 0.6) is 0 Å². The summed E-state index contributed by atoms with van der Waals surface area (Å²) >= 11 is 0. The number of hydrogen-bond acceptors (Lipinski definition) is 3. The van der Waals surface area contributed by atoms with E-state index in [0.29, 0.717) is 19.4 Å². The van der Waals surface area contributed by atoms with Gasteiger partial charge >= 0.3 is 12.0 Å². The Bertz CT molecular complexity index is 608. The van der Waals surface area contributed by atoms with E-state index in [1.165, 1.54) is 17.0 Å². The van der Waals surface area contributed by atoms with Crippen LogP contribution in [0.15, 0.2) is 24.3 Å². The van der Waals surface area contributed by atoms with Gasteiger partial charge in [-0.1, -0.05) is 12.1 Å². The number of carboxylic acid groups (broad SMARTS) is 1. The molecule has 23 heavy (non-hydrogen) atoms. The van der Waals surface area contributed by atoms with Gasteiger partial charge in [-0.3, -0.25) is 9.59 Å². The van der Waals surface area contributed by atoms with Gasteiger partial charge in [-0.15, -0.1) is 0 Å². The zero-order chi connectivity index (χ0) is 16.8. The summed E-state index contributed by atoms with van der Waals surface area (Å²) in [6.07, 6.45) is 0.879. The van der Waals surface area contributed by atoms with Gasteiger partial charge in [0.25, 0.3) is 0 Å². The van der Waals surface area contributed by atoms with Gasteiger partial charge in [-0.2, -0.15) is 0 Å². The summed E-state index contributed by atoms with van der Waals surface area (Å²) < 4.78 is 13.8. The van der Waals surface area contributed by atoms with E-state index in [1.807, 2.05) is 0 Å². The van der Waals surface area contributed by atoms with Gasteiger partial charge in [-0.05, 0) is 25.0 Å². The summed E-state index contributed by atoms with van der Waals surface area (Å²) in [5.41, 5.74) is 0.190. The number of urea groups is 1. The average molecular weight is 323 g/mol. The molecule has 1 fully saturated rings. The molecule has 8 heteroatoms. The molecule has 124 valence electrons. The van der Waals surface area contributed by atoms with Crippen molar-refractivity contribution in [3.63, 3.8) is 0 Å². The summed E-state index contributed by atoms with van der Waals surface area (Å²) in [6, 6.07) is 4.61. The van der Waals surface area contributed by atoms with Crippen LogP contribution in [0.4, 0.5) is 14.9 Å². The van der Waals surface area contributed by atoms with Gasteiger partial charge in [-0.25, -0.2) is 9.18 Å². The van der Waals surface area contributed by atoms with E-state index in [-0.39, 0.29) is 24.6 Å². The highest BCUT2D eigenvalue weighted by molar-refractivity contribution is 5.99. The van der Waals surface area contributed by atoms with Crippen molar-refractivity contribution < 1.29 is 23.9 Å². The third kappa shape index (κ3) is 4.41. The average Bonchev–Trinajstić information content (AvgIpc) is 2.50. The fraction of sp³-hybridized carbons (Fsp3) is 0.400. The van der Waals surface area contributed by atoms with Crippen LogP contribution in [0.1, 0.15) is 19.3 Å². The number of benzene rings is 1. The van der Waals surface area contributed by atoms with Crippen LogP contribution >= 0.6 is 0 Å². The Balaban J connectivity index is 1.96. The Morgan fingerprint density at radius 3 is 2.78 bits per heavy atom. The highest BCUT2D eigenvalue weighted by atomic mass is 19.1. The molecule has 0 radical (unpaired) electrons. The first-order chi connectivity index (χ1) is 11.0. The fourth-order valence-corrected chi connectivity index (χ4v) is 2.41. The largest absolute Gasteiger partial charge is 0.481 e. The molecule has 0 aliphatic carbocycles. The molecule has 1 aliphatic heterocycles. The number of aliphatic carboxylic acids is 1. The van der Waals surface area contributed by atoms with E-state index in [0.717, 1.165) is 0 Å². The molecule has 1 saturated heterocycles. The number of para-hydroxylation sites is 1. The van der Waals surface area contributed by atoms with E-state index in [1.54, 1.807) is 12.1 Å². The predicted octanol–water partition coefficient (Wildman–Crippen LogP) is 1.09. The molecule has 0 bridgehead atoms. The molecule has 0 saturated carbocycles. The van der Waals surface area contributed by atoms with Crippen LogP contribution in [-0.4, -0.2) is 42.1 Å².